The van der Waals surface area contributed by atoms with E-state index in [4.69, 9.17) is 10.2 Å². The van der Waals surface area contributed by atoms with Crippen LogP contribution in [0.15, 0.2) is 0 Å². The summed E-state index contributed by atoms with van der Waals surface area (Å²) in [6.07, 6.45) is 1.15. The zero-order valence-electron chi connectivity index (χ0n) is 11.8. The molecule has 0 aliphatic rings. The number of carbonyl (C=O) groups excluding carboxylic acids is 2. The van der Waals surface area contributed by atoms with Crippen LogP contribution < -0.4 is 5.32 Å². The predicted molar refractivity (Wildman–Crippen MR) is 70.2 cm³/mol. The third-order valence-electron chi connectivity index (χ3n) is 2.63. The van der Waals surface area contributed by atoms with Gasteiger partial charge in [-0.2, -0.15) is 0 Å². The summed E-state index contributed by atoms with van der Waals surface area (Å²) in [5.41, 5.74) is 0. The summed E-state index contributed by atoms with van der Waals surface area (Å²) >= 11 is 0. The van der Waals surface area contributed by atoms with Crippen molar-refractivity contribution in [3.63, 3.8) is 0 Å². The Labute approximate surface area is 117 Å². The van der Waals surface area contributed by atoms with Crippen molar-refractivity contribution >= 4 is 18.0 Å². The van der Waals surface area contributed by atoms with E-state index >= 15 is 0 Å². The van der Waals surface area contributed by atoms with Crippen LogP contribution in [0.1, 0.15) is 26.2 Å². The maximum absolute atomic E-state index is 11.9. The zero-order chi connectivity index (χ0) is 15.5. The van der Waals surface area contributed by atoms with Crippen LogP contribution in [0.5, 0.6) is 0 Å². The largest absolute Gasteiger partial charge is 0.480 e. The lowest BCUT2D eigenvalue weighted by Crippen LogP contribution is -2.49. The third kappa shape index (κ3) is 6.93. The molecule has 0 fully saturated rings. The molecule has 0 heterocycles. The Morgan fingerprint density at radius 1 is 1.30 bits per heavy atom. The highest BCUT2D eigenvalue weighted by atomic mass is 16.5. The van der Waals surface area contributed by atoms with Crippen LogP contribution in [0.25, 0.3) is 0 Å². The molecule has 0 saturated carbocycles. The molecule has 2 amide bonds. The lowest BCUT2D eigenvalue weighted by Gasteiger charge is -2.24. The number of hydrogen-bond acceptors (Lipinski definition) is 5. The van der Waals surface area contributed by atoms with Gasteiger partial charge in [-0.05, 0) is 6.42 Å². The molecule has 20 heavy (non-hydrogen) atoms. The van der Waals surface area contributed by atoms with Crippen molar-refractivity contribution in [3.05, 3.63) is 0 Å². The molecule has 0 aliphatic heterocycles. The number of carboxylic acids is 1. The van der Waals surface area contributed by atoms with Crippen LogP contribution in [0.3, 0.4) is 0 Å². The molecule has 0 radical (unpaired) electrons. The number of carbonyl (C=O) groups is 3. The van der Waals surface area contributed by atoms with E-state index in [1.807, 2.05) is 6.92 Å². The number of aliphatic hydroxyl groups excluding tert-OH is 1. The molecule has 1 atom stereocenters. The number of amides is 2. The number of methoxy groups -OCH3 is 1. The van der Waals surface area contributed by atoms with Gasteiger partial charge in [-0.1, -0.05) is 13.3 Å². The molecule has 8 nitrogen and oxygen atoms in total. The van der Waals surface area contributed by atoms with Gasteiger partial charge in [0.15, 0.2) is 0 Å². The summed E-state index contributed by atoms with van der Waals surface area (Å²) in [5.74, 6) is -2.04. The number of hydrogen-bond donors (Lipinski definition) is 3. The number of esters is 1. The summed E-state index contributed by atoms with van der Waals surface area (Å²) in [6.45, 7) is 2.25. The molecule has 0 aromatic rings. The first-order valence-corrected chi connectivity index (χ1v) is 6.42. The van der Waals surface area contributed by atoms with Crippen LogP contribution in [0.4, 0.5) is 4.79 Å². The van der Waals surface area contributed by atoms with Crippen molar-refractivity contribution in [1.82, 2.24) is 10.2 Å². The SMILES string of the molecule is CCCCN(CCO)C(=O)N[C@@H](CC(=O)OC)C(=O)O. The number of aliphatic hydroxyl groups is 1. The molecule has 0 rings (SSSR count). The number of nitrogens with one attached hydrogen (secondary N) is 1. The average molecular weight is 290 g/mol. The number of unbranched alkanes of at least 4 members (excludes halogenated alkanes) is 1. The second kappa shape index (κ2) is 10.0. The third-order valence-corrected chi connectivity index (χ3v) is 2.63. The molecule has 0 aliphatic carbocycles. The molecule has 0 bridgehead atoms. The lowest BCUT2D eigenvalue weighted by molar-refractivity contribution is -0.147. The van der Waals surface area contributed by atoms with E-state index < -0.39 is 30.4 Å². The van der Waals surface area contributed by atoms with Gasteiger partial charge in [-0.15, -0.1) is 0 Å². The van der Waals surface area contributed by atoms with Gasteiger partial charge in [-0.25, -0.2) is 9.59 Å². The fourth-order valence-corrected chi connectivity index (χ4v) is 1.47. The first-order chi connectivity index (χ1) is 9.46. The number of nitrogens with zero attached hydrogens (tertiary/aromatic N) is 1. The second-order valence-electron chi connectivity index (χ2n) is 4.18. The van der Waals surface area contributed by atoms with Crippen molar-refractivity contribution in [2.24, 2.45) is 0 Å². The van der Waals surface area contributed by atoms with Crippen molar-refractivity contribution in [2.45, 2.75) is 32.2 Å². The second-order valence-corrected chi connectivity index (χ2v) is 4.18. The molecule has 3 N–H and O–H groups in total. The van der Waals surface area contributed by atoms with E-state index in [9.17, 15) is 14.4 Å². The Hall–Kier alpha value is -1.83. The van der Waals surface area contributed by atoms with Crippen LogP contribution in [-0.2, 0) is 14.3 Å². The van der Waals surface area contributed by atoms with E-state index in [-0.39, 0.29) is 13.2 Å². The van der Waals surface area contributed by atoms with Crippen LogP contribution in [0, 0.1) is 0 Å². The van der Waals surface area contributed by atoms with Gasteiger partial charge < -0.3 is 25.2 Å². The minimum atomic E-state index is -1.35. The summed E-state index contributed by atoms with van der Waals surface area (Å²) < 4.78 is 4.38. The quantitative estimate of drug-likeness (QED) is 0.507. The minimum Gasteiger partial charge on any atom is -0.480 e. The molecule has 0 unspecified atom stereocenters. The van der Waals surface area contributed by atoms with E-state index in [2.05, 4.69) is 10.1 Å². The molecule has 0 aromatic heterocycles. The summed E-state index contributed by atoms with van der Waals surface area (Å²) in [5, 5.41) is 20.1. The molecule has 116 valence electrons. The van der Waals surface area contributed by atoms with E-state index in [0.29, 0.717) is 6.54 Å². The van der Waals surface area contributed by atoms with Gasteiger partial charge >= 0.3 is 18.0 Å². The number of aliphatic carboxylic acids is 1. The molecule has 0 saturated heterocycles. The molecular weight excluding hydrogens is 268 g/mol. The monoisotopic (exact) mass is 290 g/mol. The summed E-state index contributed by atoms with van der Waals surface area (Å²) in [7, 11) is 1.14. The van der Waals surface area contributed by atoms with Crippen molar-refractivity contribution in [1.29, 1.82) is 0 Å². The predicted octanol–water partition coefficient (Wildman–Crippen LogP) is -0.193. The highest BCUT2D eigenvalue weighted by Gasteiger charge is 2.25. The highest BCUT2D eigenvalue weighted by molar-refractivity contribution is 5.86. The van der Waals surface area contributed by atoms with Gasteiger partial charge in [0.05, 0.1) is 20.1 Å². The van der Waals surface area contributed by atoms with E-state index in [1.54, 1.807) is 0 Å². The van der Waals surface area contributed by atoms with Gasteiger partial charge in [0.25, 0.3) is 0 Å². The van der Waals surface area contributed by atoms with Gasteiger partial charge in [0.1, 0.15) is 6.04 Å². The molecule has 0 spiro atoms. The van der Waals surface area contributed by atoms with Gasteiger partial charge in [0.2, 0.25) is 0 Å². The fourth-order valence-electron chi connectivity index (χ4n) is 1.47. The van der Waals surface area contributed by atoms with Crippen LogP contribution in [-0.4, -0.2) is 65.9 Å². The van der Waals surface area contributed by atoms with E-state index in [1.165, 1.54) is 4.90 Å². The van der Waals surface area contributed by atoms with Gasteiger partial charge in [-0.3, -0.25) is 4.79 Å². The number of ether oxygens (including phenoxy) is 1. The lowest BCUT2D eigenvalue weighted by atomic mass is 10.2. The maximum atomic E-state index is 11.9. The Balaban J connectivity index is 4.60. The minimum absolute atomic E-state index is 0.108. The summed E-state index contributed by atoms with van der Waals surface area (Å²) in [6, 6.07) is -1.97. The molecule has 0 aromatic carbocycles. The normalized spacial score (nSPS) is 11.6. The highest BCUT2D eigenvalue weighted by Crippen LogP contribution is 2.00. The number of carboxylic acid groups (broad SMARTS) is 1. The Kier molecular flexibility index (Phi) is 9.10. The molecule has 8 heteroatoms. The fraction of sp³-hybridized carbons (Fsp3) is 0.750. The first-order valence-electron chi connectivity index (χ1n) is 6.42. The first kappa shape index (κ1) is 18.2. The van der Waals surface area contributed by atoms with Crippen molar-refractivity contribution in [2.75, 3.05) is 26.8 Å². The Morgan fingerprint density at radius 3 is 2.40 bits per heavy atom. The topological polar surface area (TPSA) is 116 Å². The van der Waals surface area contributed by atoms with Crippen LogP contribution in [0.2, 0.25) is 0 Å². The number of rotatable bonds is 9. The average Bonchev–Trinajstić information content (AvgIpc) is 2.42. The Morgan fingerprint density at radius 2 is 1.95 bits per heavy atom. The number of urea groups is 1. The van der Waals surface area contributed by atoms with Gasteiger partial charge in [0, 0.05) is 13.1 Å². The zero-order valence-corrected chi connectivity index (χ0v) is 11.8. The maximum Gasteiger partial charge on any atom is 0.326 e. The standard InChI is InChI=1S/C12H22N2O6/c1-3-4-5-14(6-7-15)12(19)13-9(11(17)18)8-10(16)20-2/h9,15H,3-8H2,1-2H3,(H,13,19)(H,17,18)/t9-/m0/s1. The van der Waals surface area contributed by atoms with Crippen molar-refractivity contribution < 1.29 is 29.3 Å². The smallest absolute Gasteiger partial charge is 0.326 e. The molecular formula is C12H22N2O6. The van der Waals surface area contributed by atoms with E-state index in [0.717, 1.165) is 20.0 Å². The summed E-state index contributed by atoms with van der Waals surface area (Å²) in [4.78, 5) is 35.3. The van der Waals surface area contributed by atoms with Crippen LogP contribution >= 0.6 is 0 Å². The Bertz CT molecular complexity index is 334. The van der Waals surface area contributed by atoms with Crippen molar-refractivity contribution in [3.8, 4) is 0 Å².